The minimum absolute atomic E-state index is 0.112. The van der Waals surface area contributed by atoms with Crippen molar-refractivity contribution in [3.8, 4) is 0 Å². The van der Waals surface area contributed by atoms with Crippen LogP contribution >= 0.6 is 0 Å². The summed E-state index contributed by atoms with van der Waals surface area (Å²) in [5, 5.41) is 8.39. The van der Waals surface area contributed by atoms with Gasteiger partial charge in [0.25, 0.3) is 0 Å². The van der Waals surface area contributed by atoms with Crippen LogP contribution in [0.4, 0.5) is 13.2 Å². The average Bonchev–Trinajstić information content (AvgIpc) is 1.96. The van der Waals surface area contributed by atoms with Gasteiger partial charge in [-0.3, -0.25) is 4.79 Å². The van der Waals surface area contributed by atoms with Gasteiger partial charge >= 0.3 is 12.1 Å². The van der Waals surface area contributed by atoms with Crippen LogP contribution in [0.15, 0.2) is 0 Å². The molecule has 0 rings (SSSR count). The monoisotopic (exact) mass is 213 g/mol. The van der Waals surface area contributed by atoms with Crippen LogP contribution in [0.1, 0.15) is 13.8 Å². The Bertz CT molecular complexity index is 203. The SMILES string of the molecule is CC(C)N(C)CC(C(=O)O)C(F)(F)F. The summed E-state index contributed by atoms with van der Waals surface area (Å²) in [7, 11) is 1.46. The molecule has 0 aliphatic carbocycles. The van der Waals surface area contributed by atoms with Crippen molar-refractivity contribution >= 4 is 5.97 Å². The number of carboxylic acids is 1. The largest absolute Gasteiger partial charge is 0.481 e. The smallest absolute Gasteiger partial charge is 0.403 e. The zero-order valence-electron chi connectivity index (χ0n) is 8.30. The molecule has 6 heteroatoms. The van der Waals surface area contributed by atoms with Gasteiger partial charge in [-0.05, 0) is 20.9 Å². The highest BCUT2D eigenvalue weighted by atomic mass is 19.4. The number of rotatable bonds is 4. The Morgan fingerprint density at radius 3 is 2.07 bits per heavy atom. The minimum Gasteiger partial charge on any atom is -0.481 e. The second kappa shape index (κ2) is 4.63. The van der Waals surface area contributed by atoms with Crippen LogP contribution < -0.4 is 0 Å². The molecule has 1 atom stereocenters. The van der Waals surface area contributed by atoms with Gasteiger partial charge in [0.05, 0.1) is 0 Å². The van der Waals surface area contributed by atoms with E-state index in [4.69, 9.17) is 5.11 Å². The first kappa shape index (κ1) is 13.2. The maximum absolute atomic E-state index is 12.2. The highest BCUT2D eigenvalue weighted by molar-refractivity contribution is 5.71. The highest BCUT2D eigenvalue weighted by Gasteiger charge is 2.45. The number of halogens is 3. The van der Waals surface area contributed by atoms with Crippen LogP contribution in [-0.2, 0) is 4.79 Å². The lowest BCUT2D eigenvalue weighted by atomic mass is 10.1. The molecule has 0 bridgehead atoms. The maximum Gasteiger partial charge on any atom is 0.403 e. The number of hydrogen-bond acceptors (Lipinski definition) is 2. The van der Waals surface area contributed by atoms with E-state index in [1.807, 2.05) is 0 Å². The quantitative estimate of drug-likeness (QED) is 0.770. The molecular formula is C8H14F3NO2. The van der Waals surface area contributed by atoms with E-state index in [9.17, 15) is 18.0 Å². The number of carboxylic acid groups (broad SMARTS) is 1. The first-order valence-electron chi connectivity index (χ1n) is 4.16. The van der Waals surface area contributed by atoms with E-state index in [1.54, 1.807) is 13.8 Å². The molecule has 84 valence electrons. The minimum atomic E-state index is -4.69. The van der Waals surface area contributed by atoms with Gasteiger partial charge in [-0.15, -0.1) is 0 Å². The Morgan fingerprint density at radius 2 is 1.86 bits per heavy atom. The summed E-state index contributed by atoms with van der Waals surface area (Å²) in [5.41, 5.74) is 0. The lowest BCUT2D eigenvalue weighted by Crippen LogP contribution is -2.42. The highest BCUT2D eigenvalue weighted by Crippen LogP contribution is 2.27. The van der Waals surface area contributed by atoms with E-state index in [0.29, 0.717) is 0 Å². The molecule has 14 heavy (non-hydrogen) atoms. The molecule has 0 heterocycles. The van der Waals surface area contributed by atoms with Crippen molar-refractivity contribution in [1.82, 2.24) is 4.90 Å². The molecule has 0 saturated carbocycles. The topological polar surface area (TPSA) is 40.5 Å². The average molecular weight is 213 g/mol. The van der Waals surface area contributed by atoms with Crippen LogP contribution in [0, 0.1) is 5.92 Å². The van der Waals surface area contributed by atoms with E-state index < -0.39 is 24.6 Å². The van der Waals surface area contributed by atoms with E-state index in [0.717, 1.165) is 0 Å². The molecule has 0 aromatic rings. The maximum atomic E-state index is 12.2. The molecule has 1 unspecified atom stereocenters. The standard InChI is InChI=1S/C8H14F3NO2/c1-5(2)12(3)4-6(7(13)14)8(9,10)11/h5-6H,4H2,1-3H3,(H,13,14). The predicted octanol–water partition coefficient (Wildman–Crippen LogP) is 1.59. The van der Waals surface area contributed by atoms with E-state index >= 15 is 0 Å². The van der Waals surface area contributed by atoms with Crippen molar-refractivity contribution in [1.29, 1.82) is 0 Å². The fraction of sp³-hybridized carbons (Fsp3) is 0.875. The number of hydrogen-bond donors (Lipinski definition) is 1. The Hall–Kier alpha value is -0.780. The zero-order chi connectivity index (χ0) is 11.5. The number of carbonyl (C=O) groups is 1. The number of aliphatic carboxylic acids is 1. The Balaban J connectivity index is 4.48. The molecule has 0 aromatic heterocycles. The van der Waals surface area contributed by atoms with Crippen molar-refractivity contribution in [2.45, 2.75) is 26.1 Å². The second-order valence-corrected chi connectivity index (χ2v) is 3.47. The second-order valence-electron chi connectivity index (χ2n) is 3.47. The molecule has 3 nitrogen and oxygen atoms in total. The van der Waals surface area contributed by atoms with Crippen molar-refractivity contribution in [3.05, 3.63) is 0 Å². The molecule has 0 aromatic carbocycles. The predicted molar refractivity (Wildman–Crippen MR) is 44.9 cm³/mol. The summed E-state index contributed by atoms with van der Waals surface area (Å²) in [6.45, 7) is 2.89. The van der Waals surface area contributed by atoms with Crippen molar-refractivity contribution in [2.75, 3.05) is 13.6 Å². The Morgan fingerprint density at radius 1 is 1.43 bits per heavy atom. The fourth-order valence-corrected chi connectivity index (χ4v) is 0.820. The molecular weight excluding hydrogens is 199 g/mol. The first-order valence-corrected chi connectivity index (χ1v) is 4.16. The molecule has 0 radical (unpaired) electrons. The van der Waals surface area contributed by atoms with E-state index in [2.05, 4.69) is 0 Å². The zero-order valence-corrected chi connectivity index (χ0v) is 8.30. The van der Waals surface area contributed by atoms with Gasteiger partial charge in [0.15, 0.2) is 5.92 Å². The van der Waals surface area contributed by atoms with Gasteiger partial charge in [0, 0.05) is 12.6 Å². The van der Waals surface area contributed by atoms with Crippen LogP contribution in [0.5, 0.6) is 0 Å². The molecule has 0 amide bonds. The fourth-order valence-electron chi connectivity index (χ4n) is 0.820. The summed E-state index contributed by atoms with van der Waals surface area (Å²) >= 11 is 0. The molecule has 0 saturated heterocycles. The Kier molecular flexibility index (Phi) is 4.38. The van der Waals surface area contributed by atoms with Crippen LogP contribution in [0.3, 0.4) is 0 Å². The van der Waals surface area contributed by atoms with Crippen LogP contribution in [0.25, 0.3) is 0 Å². The summed E-state index contributed by atoms with van der Waals surface area (Å²) in [6, 6.07) is -0.112. The lowest BCUT2D eigenvalue weighted by Gasteiger charge is -2.25. The number of alkyl halides is 3. The summed E-state index contributed by atoms with van der Waals surface area (Å²) in [6.07, 6.45) is -4.69. The summed E-state index contributed by atoms with van der Waals surface area (Å²) in [5.74, 6) is -4.14. The van der Waals surface area contributed by atoms with Crippen molar-refractivity contribution < 1.29 is 23.1 Å². The van der Waals surface area contributed by atoms with E-state index in [1.165, 1.54) is 11.9 Å². The van der Waals surface area contributed by atoms with Gasteiger partial charge in [-0.2, -0.15) is 13.2 Å². The third-order valence-corrected chi connectivity index (χ3v) is 2.05. The van der Waals surface area contributed by atoms with Gasteiger partial charge in [-0.1, -0.05) is 0 Å². The molecule has 0 fully saturated rings. The van der Waals surface area contributed by atoms with Crippen LogP contribution in [0.2, 0.25) is 0 Å². The summed E-state index contributed by atoms with van der Waals surface area (Å²) in [4.78, 5) is 11.7. The normalized spacial score (nSPS) is 14.9. The van der Waals surface area contributed by atoms with Crippen LogP contribution in [-0.4, -0.2) is 41.8 Å². The molecule has 0 spiro atoms. The molecule has 0 aliphatic heterocycles. The first-order chi connectivity index (χ1) is 6.16. The third kappa shape index (κ3) is 3.95. The van der Waals surface area contributed by atoms with Gasteiger partial charge in [-0.25, -0.2) is 0 Å². The lowest BCUT2D eigenvalue weighted by molar-refractivity contribution is -0.196. The van der Waals surface area contributed by atoms with Crippen molar-refractivity contribution in [3.63, 3.8) is 0 Å². The molecule has 0 aliphatic rings. The number of nitrogens with zero attached hydrogens (tertiary/aromatic N) is 1. The third-order valence-electron chi connectivity index (χ3n) is 2.05. The van der Waals surface area contributed by atoms with Gasteiger partial charge in [0.1, 0.15) is 0 Å². The van der Waals surface area contributed by atoms with Gasteiger partial charge < -0.3 is 10.0 Å². The van der Waals surface area contributed by atoms with Gasteiger partial charge in [0.2, 0.25) is 0 Å². The molecule has 1 N–H and O–H groups in total. The van der Waals surface area contributed by atoms with E-state index in [-0.39, 0.29) is 6.04 Å². The Labute approximate surface area is 80.5 Å². The van der Waals surface area contributed by atoms with Crippen molar-refractivity contribution in [2.24, 2.45) is 5.92 Å². The summed E-state index contributed by atoms with van der Waals surface area (Å²) < 4.78 is 36.6.